The Morgan fingerprint density at radius 1 is 1.02 bits per heavy atom. The highest BCUT2D eigenvalue weighted by Crippen LogP contribution is 2.51. The lowest BCUT2D eigenvalue weighted by molar-refractivity contribution is 0.413. The number of aryl methyl sites for hydroxylation is 2. The molecule has 0 saturated heterocycles. The number of fused-ring (bicyclic) bond motifs is 1. The topological polar surface area (TPSA) is 58.6 Å². The highest BCUT2D eigenvalue weighted by atomic mass is 127. The third-order valence-electron chi connectivity index (χ3n) is 10.3. The first-order chi connectivity index (χ1) is 24.0. The number of rotatable bonds is 14. The maximum Gasteiger partial charge on any atom is 0.339 e. The number of halogens is 1. The highest BCUT2D eigenvalue weighted by molar-refractivity contribution is 14.1. The van der Waals surface area contributed by atoms with E-state index in [0.717, 1.165) is 42.6 Å². The Bertz CT molecular complexity index is 1890. The molecule has 51 heavy (non-hydrogen) atoms. The summed E-state index contributed by atoms with van der Waals surface area (Å²) < 4.78 is 33.9. The summed E-state index contributed by atoms with van der Waals surface area (Å²) in [5.74, 6) is 0.445. The smallest absolute Gasteiger partial charge is 0.339 e. The summed E-state index contributed by atoms with van der Waals surface area (Å²) >= 11 is 2.52. The molecule has 2 aliphatic rings. The standard InChI is InChI=1S/C44H59IN2O3S/c1-12-27-44(11)38-29-32(7)17-24-39(38)47(14-3)41(44)26-21-35-19-18-34(42(35)50-51(48,49)36-22-15-31(6)16-23-36)20-25-40(45)43(9,10)37(28-30(4)5)33(8)46-13-2/h15-17,20-26,28-29,40,46H,12-14,18-19,27H2,1-11H3/b25-20+,35-21+,37-33-,41-26+. The number of alkyl halides is 1. The van der Waals surface area contributed by atoms with E-state index in [-0.39, 0.29) is 19.7 Å². The van der Waals surface area contributed by atoms with Gasteiger partial charge in [0.1, 0.15) is 10.7 Å². The van der Waals surface area contributed by atoms with Crippen molar-refractivity contribution in [3.8, 4) is 0 Å². The van der Waals surface area contributed by atoms with Crippen molar-refractivity contribution in [2.45, 2.75) is 116 Å². The summed E-state index contributed by atoms with van der Waals surface area (Å²) in [7, 11) is -4.06. The molecule has 2 aromatic carbocycles. The first-order valence-corrected chi connectivity index (χ1v) is 21.1. The van der Waals surface area contributed by atoms with Crippen LogP contribution in [0, 0.1) is 19.3 Å². The first kappa shape index (κ1) is 40.7. The average molecular weight is 823 g/mol. The summed E-state index contributed by atoms with van der Waals surface area (Å²) in [5.41, 5.74) is 11.3. The van der Waals surface area contributed by atoms with Gasteiger partial charge < -0.3 is 14.4 Å². The molecule has 1 heterocycles. The van der Waals surface area contributed by atoms with Gasteiger partial charge in [-0.2, -0.15) is 8.42 Å². The van der Waals surface area contributed by atoms with Crippen LogP contribution < -0.4 is 10.2 Å². The summed E-state index contributed by atoms with van der Waals surface area (Å²) in [6.07, 6.45) is 14.4. The van der Waals surface area contributed by atoms with Gasteiger partial charge in [0.05, 0.1) is 0 Å². The largest absolute Gasteiger partial charge is 0.389 e. The van der Waals surface area contributed by atoms with Crippen molar-refractivity contribution < 1.29 is 12.6 Å². The Balaban J connectivity index is 1.83. The molecule has 0 bridgehead atoms. The van der Waals surface area contributed by atoms with Crippen LogP contribution in [0.5, 0.6) is 0 Å². The van der Waals surface area contributed by atoms with Crippen molar-refractivity contribution in [2.24, 2.45) is 5.41 Å². The average Bonchev–Trinajstić information content (AvgIpc) is 3.54. The molecular weight excluding hydrogens is 763 g/mol. The molecule has 0 amide bonds. The summed E-state index contributed by atoms with van der Waals surface area (Å²) in [4.78, 5) is 2.58. The van der Waals surface area contributed by atoms with E-state index < -0.39 is 10.1 Å². The second-order valence-corrected chi connectivity index (χ2v) is 18.0. The number of nitrogens with one attached hydrogen (secondary N) is 1. The van der Waals surface area contributed by atoms with Gasteiger partial charge in [0.15, 0.2) is 0 Å². The monoisotopic (exact) mass is 822 g/mol. The van der Waals surface area contributed by atoms with Gasteiger partial charge in [-0.15, -0.1) is 0 Å². The van der Waals surface area contributed by atoms with E-state index in [1.807, 2.05) is 19.1 Å². The number of benzene rings is 2. The van der Waals surface area contributed by atoms with Crippen LogP contribution in [-0.4, -0.2) is 25.4 Å². The minimum Gasteiger partial charge on any atom is -0.389 e. The fourth-order valence-electron chi connectivity index (χ4n) is 7.46. The molecule has 2 unspecified atom stereocenters. The fourth-order valence-corrected chi connectivity index (χ4v) is 9.00. The predicted molar refractivity (Wildman–Crippen MR) is 225 cm³/mol. The summed E-state index contributed by atoms with van der Waals surface area (Å²) in [6, 6.07) is 13.6. The van der Waals surface area contributed by atoms with Crippen LogP contribution >= 0.6 is 22.6 Å². The van der Waals surface area contributed by atoms with Crippen molar-refractivity contribution in [3.05, 3.63) is 129 Å². The zero-order chi connectivity index (χ0) is 37.7. The van der Waals surface area contributed by atoms with Gasteiger partial charge in [0.2, 0.25) is 0 Å². The molecule has 1 aliphatic heterocycles. The third-order valence-corrected chi connectivity index (χ3v) is 13.5. The summed E-state index contributed by atoms with van der Waals surface area (Å²) in [6.45, 7) is 25.7. The normalized spacial score (nSPS) is 20.7. The molecule has 0 radical (unpaired) electrons. The van der Waals surface area contributed by atoms with Crippen LogP contribution in [-0.2, 0) is 19.7 Å². The maximum absolute atomic E-state index is 13.8. The number of hydrogen-bond acceptors (Lipinski definition) is 5. The molecule has 0 spiro atoms. The number of likely N-dealkylation sites (N-methyl/N-ethyl adjacent to an activating group) is 1. The maximum atomic E-state index is 13.8. The van der Waals surface area contributed by atoms with Gasteiger partial charge in [-0.3, -0.25) is 0 Å². The minimum atomic E-state index is -4.06. The lowest BCUT2D eigenvalue weighted by Gasteiger charge is -2.32. The van der Waals surface area contributed by atoms with Gasteiger partial charge in [-0.25, -0.2) is 0 Å². The van der Waals surface area contributed by atoms with Crippen LogP contribution in [0.4, 0.5) is 5.69 Å². The SMILES string of the molecule is CCCC1(C)/C(=C\C=C2/CCC(/C=C/C(I)C(C)(C)/C(C=C(C)C)=C(/C)NCC)=C2OS(=O)(=O)c2ccc(C)cc2)N(CC)c2ccc(C)cc21. The lowest BCUT2D eigenvalue weighted by atomic mass is 9.77. The van der Waals surface area contributed by atoms with Crippen molar-refractivity contribution in [1.82, 2.24) is 5.32 Å². The number of nitrogens with zero attached hydrogens (tertiary/aromatic N) is 1. The van der Waals surface area contributed by atoms with Crippen LogP contribution in [0.2, 0.25) is 0 Å². The third kappa shape index (κ3) is 8.95. The molecule has 2 atom stereocenters. The van der Waals surface area contributed by atoms with Gasteiger partial charge in [0, 0.05) is 44.9 Å². The second kappa shape index (κ2) is 16.7. The van der Waals surface area contributed by atoms with Gasteiger partial charge in [0.25, 0.3) is 0 Å². The van der Waals surface area contributed by atoms with Crippen molar-refractivity contribution in [1.29, 1.82) is 0 Å². The Morgan fingerprint density at radius 3 is 2.29 bits per heavy atom. The second-order valence-electron chi connectivity index (χ2n) is 15.1. The lowest BCUT2D eigenvalue weighted by Crippen LogP contribution is -2.28. The van der Waals surface area contributed by atoms with Gasteiger partial charge in [-0.1, -0.05) is 115 Å². The predicted octanol–water partition coefficient (Wildman–Crippen LogP) is 11.7. The molecule has 0 fully saturated rings. The molecule has 1 N–H and O–H groups in total. The molecule has 7 heteroatoms. The van der Waals surface area contributed by atoms with E-state index in [4.69, 9.17) is 4.18 Å². The number of allylic oxidation sites excluding steroid dienone is 11. The summed E-state index contributed by atoms with van der Waals surface area (Å²) in [5, 5.41) is 3.53. The van der Waals surface area contributed by atoms with Gasteiger partial charge >= 0.3 is 10.1 Å². The Kier molecular flexibility index (Phi) is 13.4. The molecule has 2 aromatic rings. The highest BCUT2D eigenvalue weighted by Gasteiger charge is 2.42. The van der Waals surface area contributed by atoms with E-state index in [0.29, 0.717) is 18.6 Å². The van der Waals surface area contributed by atoms with Crippen LogP contribution in [0.25, 0.3) is 0 Å². The van der Waals surface area contributed by atoms with E-state index in [2.05, 4.69) is 151 Å². The molecule has 5 nitrogen and oxygen atoms in total. The van der Waals surface area contributed by atoms with Crippen molar-refractivity contribution in [3.63, 3.8) is 0 Å². The molecule has 4 rings (SSSR count). The van der Waals surface area contributed by atoms with Crippen LogP contribution in [0.3, 0.4) is 0 Å². The van der Waals surface area contributed by atoms with E-state index in [1.165, 1.54) is 39.4 Å². The zero-order valence-corrected chi connectivity index (χ0v) is 35.7. The molecule has 0 aromatic heterocycles. The Hall–Kier alpha value is -3.04. The fraction of sp³-hybridized carbons (Fsp3) is 0.455. The minimum absolute atomic E-state index is 0.125. The van der Waals surface area contributed by atoms with Crippen molar-refractivity contribution in [2.75, 3.05) is 18.0 Å². The molecule has 276 valence electrons. The Morgan fingerprint density at radius 2 is 1.69 bits per heavy atom. The Labute approximate surface area is 323 Å². The van der Waals surface area contributed by atoms with Crippen molar-refractivity contribution >= 4 is 38.4 Å². The molecule has 1 aliphatic carbocycles. The molecule has 0 saturated carbocycles. The van der Waals surface area contributed by atoms with Crippen LogP contribution in [0.1, 0.15) is 105 Å². The van der Waals surface area contributed by atoms with E-state index in [9.17, 15) is 8.42 Å². The first-order valence-electron chi connectivity index (χ1n) is 18.5. The van der Waals surface area contributed by atoms with E-state index >= 15 is 0 Å². The number of hydrogen-bond donors (Lipinski definition) is 1. The van der Waals surface area contributed by atoms with E-state index in [1.54, 1.807) is 12.1 Å². The van der Waals surface area contributed by atoms with Crippen LogP contribution in [0.15, 0.2) is 117 Å². The number of anilines is 1. The van der Waals surface area contributed by atoms with Gasteiger partial charge in [-0.05, 0) is 121 Å². The molecular formula is C44H59IN2O3S. The zero-order valence-electron chi connectivity index (χ0n) is 32.7. The quantitative estimate of drug-likeness (QED) is 0.0890.